The first-order chi connectivity index (χ1) is 9.34. The minimum Gasteiger partial charge on any atom is -0.381 e. The van der Waals surface area contributed by atoms with Crippen molar-refractivity contribution in [2.45, 2.75) is 23.5 Å². The van der Waals surface area contributed by atoms with Crippen molar-refractivity contribution in [2.24, 2.45) is 5.73 Å². The van der Waals surface area contributed by atoms with E-state index < -0.39 is 0 Å². The number of nitrogens with zero attached hydrogens (tertiary/aromatic N) is 2. The van der Waals surface area contributed by atoms with Gasteiger partial charge in [-0.3, -0.25) is 0 Å². The molecule has 106 valence electrons. The van der Waals surface area contributed by atoms with Gasteiger partial charge in [0, 0.05) is 37.0 Å². The summed E-state index contributed by atoms with van der Waals surface area (Å²) in [4.78, 5) is 4.65. The maximum Gasteiger partial charge on any atom is 0.234 e. The second-order valence-corrected chi connectivity index (χ2v) is 7.45. The molecule has 0 spiro atoms. The minimum absolute atomic E-state index is 0.171. The van der Waals surface area contributed by atoms with Gasteiger partial charge in [0.2, 0.25) is 5.89 Å². The first-order valence-corrected chi connectivity index (χ1v) is 8.86. The quantitative estimate of drug-likeness (QED) is 0.908. The van der Waals surface area contributed by atoms with E-state index in [0.717, 1.165) is 43.4 Å². The van der Waals surface area contributed by atoms with Crippen molar-refractivity contribution in [2.75, 3.05) is 37.0 Å². The van der Waals surface area contributed by atoms with Gasteiger partial charge in [-0.15, -0.1) is 11.8 Å². The third-order valence-electron chi connectivity index (χ3n) is 3.84. The normalized spacial score (nSPS) is 27.3. The summed E-state index contributed by atoms with van der Waals surface area (Å²) >= 11 is 3.88. The van der Waals surface area contributed by atoms with E-state index in [2.05, 4.69) is 10.1 Å². The Hall–Kier alpha value is -0.240. The standard InChI is InChI=1S/C12H19N3O2S2/c13-8-12(1-3-16-4-2-12)11-14-10(15-17-11)9-7-18-5-6-19-9/h9H,1-8,13H2. The molecule has 2 aliphatic rings. The molecule has 0 aliphatic carbocycles. The summed E-state index contributed by atoms with van der Waals surface area (Å²) in [6.07, 6.45) is 1.75. The predicted molar refractivity (Wildman–Crippen MR) is 77.6 cm³/mol. The molecular formula is C12H19N3O2S2. The Kier molecular flexibility index (Phi) is 4.36. The van der Waals surface area contributed by atoms with Gasteiger partial charge in [0.15, 0.2) is 5.82 Å². The summed E-state index contributed by atoms with van der Waals surface area (Å²) in [5, 5.41) is 4.56. The number of hydrogen-bond donors (Lipinski definition) is 1. The van der Waals surface area contributed by atoms with Crippen molar-refractivity contribution in [3.8, 4) is 0 Å². The van der Waals surface area contributed by atoms with Crippen molar-refractivity contribution in [3.63, 3.8) is 0 Å². The molecule has 5 nitrogen and oxygen atoms in total. The predicted octanol–water partition coefficient (Wildman–Crippen LogP) is 1.60. The Labute approximate surface area is 121 Å². The average molecular weight is 301 g/mol. The smallest absolute Gasteiger partial charge is 0.234 e. The van der Waals surface area contributed by atoms with Gasteiger partial charge in [-0.1, -0.05) is 5.16 Å². The number of thioether (sulfide) groups is 2. The van der Waals surface area contributed by atoms with E-state index in [0.29, 0.717) is 17.7 Å². The Morgan fingerprint density at radius 3 is 2.84 bits per heavy atom. The summed E-state index contributed by atoms with van der Waals surface area (Å²) in [5.41, 5.74) is 5.79. The largest absolute Gasteiger partial charge is 0.381 e. The van der Waals surface area contributed by atoms with Crippen LogP contribution in [0.5, 0.6) is 0 Å². The number of ether oxygens (including phenoxy) is 1. The van der Waals surface area contributed by atoms with E-state index in [4.69, 9.17) is 15.0 Å². The fourth-order valence-corrected chi connectivity index (χ4v) is 5.07. The molecule has 1 aromatic heterocycles. The Morgan fingerprint density at radius 1 is 1.32 bits per heavy atom. The van der Waals surface area contributed by atoms with Gasteiger partial charge in [0.25, 0.3) is 0 Å². The van der Waals surface area contributed by atoms with E-state index in [-0.39, 0.29) is 5.41 Å². The molecule has 3 rings (SSSR count). The molecule has 0 radical (unpaired) electrons. The van der Waals surface area contributed by atoms with E-state index >= 15 is 0 Å². The fraction of sp³-hybridized carbons (Fsp3) is 0.833. The van der Waals surface area contributed by atoms with Gasteiger partial charge in [-0.05, 0) is 12.8 Å². The highest BCUT2D eigenvalue weighted by molar-refractivity contribution is 8.06. The highest BCUT2D eigenvalue weighted by atomic mass is 32.2. The molecule has 1 aromatic rings. The van der Waals surface area contributed by atoms with Crippen LogP contribution in [0.2, 0.25) is 0 Å². The van der Waals surface area contributed by atoms with Crippen LogP contribution in [0.3, 0.4) is 0 Å². The van der Waals surface area contributed by atoms with Crippen LogP contribution in [-0.2, 0) is 10.2 Å². The first kappa shape index (κ1) is 13.7. The number of nitrogens with two attached hydrogens (primary N) is 1. The van der Waals surface area contributed by atoms with Gasteiger partial charge in [-0.2, -0.15) is 16.7 Å². The molecule has 19 heavy (non-hydrogen) atoms. The molecule has 0 bridgehead atoms. The summed E-state index contributed by atoms with van der Waals surface area (Å²) in [7, 11) is 0. The Balaban J connectivity index is 1.79. The van der Waals surface area contributed by atoms with Crippen LogP contribution < -0.4 is 5.73 Å². The minimum atomic E-state index is -0.171. The average Bonchev–Trinajstić information content (AvgIpc) is 2.99. The third-order valence-corrected chi connectivity index (χ3v) is 6.59. The van der Waals surface area contributed by atoms with Crippen LogP contribution in [0.4, 0.5) is 0 Å². The number of rotatable bonds is 3. The summed E-state index contributed by atoms with van der Waals surface area (Å²) in [6, 6.07) is 0. The second kappa shape index (κ2) is 6.03. The lowest BCUT2D eigenvalue weighted by molar-refractivity contribution is 0.0409. The van der Waals surface area contributed by atoms with Crippen LogP contribution in [0.1, 0.15) is 29.8 Å². The maximum atomic E-state index is 5.97. The van der Waals surface area contributed by atoms with Gasteiger partial charge >= 0.3 is 0 Å². The molecule has 0 aromatic carbocycles. The lowest BCUT2D eigenvalue weighted by Gasteiger charge is -2.32. The molecular weight excluding hydrogens is 282 g/mol. The second-order valence-electron chi connectivity index (χ2n) is 4.99. The van der Waals surface area contributed by atoms with Gasteiger partial charge in [0.1, 0.15) is 0 Å². The zero-order chi connectivity index (χ0) is 13.1. The Morgan fingerprint density at radius 2 is 2.16 bits per heavy atom. The molecule has 1 atom stereocenters. The molecule has 2 aliphatic heterocycles. The summed E-state index contributed by atoms with van der Waals surface area (Å²) < 4.78 is 11.0. The zero-order valence-electron chi connectivity index (χ0n) is 10.8. The summed E-state index contributed by atoms with van der Waals surface area (Å²) in [5.74, 6) is 5.00. The molecule has 2 N–H and O–H groups in total. The molecule has 3 heterocycles. The molecule has 2 fully saturated rings. The van der Waals surface area contributed by atoms with Crippen molar-refractivity contribution in [3.05, 3.63) is 11.7 Å². The van der Waals surface area contributed by atoms with Gasteiger partial charge < -0.3 is 15.0 Å². The van der Waals surface area contributed by atoms with Gasteiger partial charge in [0.05, 0.1) is 10.7 Å². The molecule has 2 saturated heterocycles. The lowest BCUT2D eigenvalue weighted by Crippen LogP contribution is -2.41. The first-order valence-electron chi connectivity index (χ1n) is 6.65. The van der Waals surface area contributed by atoms with Crippen LogP contribution in [0, 0.1) is 0 Å². The maximum absolute atomic E-state index is 5.97. The van der Waals surface area contributed by atoms with Crippen LogP contribution in [0.25, 0.3) is 0 Å². The van der Waals surface area contributed by atoms with E-state index in [1.54, 1.807) is 0 Å². The van der Waals surface area contributed by atoms with Crippen molar-refractivity contribution < 1.29 is 9.26 Å². The van der Waals surface area contributed by atoms with E-state index in [1.807, 2.05) is 23.5 Å². The number of hydrogen-bond acceptors (Lipinski definition) is 7. The molecule has 0 amide bonds. The molecule has 1 unspecified atom stereocenters. The van der Waals surface area contributed by atoms with Crippen molar-refractivity contribution in [1.29, 1.82) is 0 Å². The highest BCUT2D eigenvalue weighted by Crippen LogP contribution is 2.38. The van der Waals surface area contributed by atoms with Gasteiger partial charge in [-0.25, -0.2) is 0 Å². The lowest BCUT2D eigenvalue weighted by atomic mass is 9.80. The summed E-state index contributed by atoms with van der Waals surface area (Å²) in [6.45, 7) is 2.00. The van der Waals surface area contributed by atoms with Crippen LogP contribution in [0.15, 0.2) is 4.52 Å². The molecule has 7 heteroatoms. The fourth-order valence-electron chi connectivity index (χ4n) is 2.49. The SMILES string of the molecule is NCC1(c2nc(C3CSCCS3)no2)CCOCC1. The van der Waals surface area contributed by atoms with Crippen LogP contribution >= 0.6 is 23.5 Å². The highest BCUT2D eigenvalue weighted by Gasteiger charge is 2.39. The monoisotopic (exact) mass is 301 g/mol. The molecule has 0 saturated carbocycles. The van der Waals surface area contributed by atoms with E-state index in [9.17, 15) is 0 Å². The van der Waals surface area contributed by atoms with E-state index in [1.165, 1.54) is 5.75 Å². The van der Waals surface area contributed by atoms with Crippen LogP contribution in [-0.4, -0.2) is 47.2 Å². The topological polar surface area (TPSA) is 74.2 Å². The number of aromatic nitrogens is 2. The van der Waals surface area contributed by atoms with Crippen molar-refractivity contribution >= 4 is 23.5 Å². The third kappa shape index (κ3) is 2.79. The Bertz CT molecular complexity index is 415. The zero-order valence-corrected chi connectivity index (χ0v) is 12.5. The van der Waals surface area contributed by atoms with Crippen molar-refractivity contribution in [1.82, 2.24) is 10.1 Å².